The fraction of sp³-hybridized carbons (Fsp3) is 0.368. The molecule has 0 aliphatic rings. The lowest BCUT2D eigenvalue weighted by Gasteiger charge is -2.17. The predicted octanol–water partition coefficient (Wildman–Crippen LogP) is 4.14. The maximum atomic E-state index is 5.53. The van der Waals surface area contributed by atoms with Gasteiger partial charge in [-0.3, -0.25) is 0 Å². The first-order valence-corrected chi connectivity index (χ1v) is 8.72. The quantitative estimate of drug-likeness (QED) is 0.591. The molecule has 0 aromatic carbocycles. The third kappa shape index (κ3) is 4.28. The van der Waals surface area contributed by atoms with E-state index in [0.717, 1.165) is 49.6 Å². The topological polar surface area (TPSA) is 67.3 Å². The molecule has 0 fully saturated rings. The lowest BCUT2D eigenvalue weighted by Crippen LogP contribution is -2.25. The van der Waals surface area contributed by atoms with Crippen molar-refractivity contribution in [2.24, 2.45) is 0 Å². The van der Waals surface area contributed by atoms with Crippen molar-refractivity contribution in [2.75, 3.05) is 31.5 Å². The predicted molar refractivity (Wildman–Crippen MR) is 98.3 cm³/mol. The minimum absolute atomic E-state index is 0.598. The zero-order valence-electron chi connectivity index (χ0n) is 14.7. The largest absolute Gasteiger partial charge is 0.464 e. The summed E-state index contributed by atoms with van der Waals surface area (Å²) in [4.78, 5) is 11.5. The Bertz CT molecular complexity index is 750. The second kappa shape index (κ2) is 8.48. The van der Waals surface area contributed by atoms with Gasteiger partial charge in [-0.15, -0.1) is 0 Å². The summed E-state index contributed by atoms with van der Waals surface area (Å²) in [6, 6.07) is 7.47. The first-order valence-electron chi connectivity index (χ1n) is 8.72. The van der Waals surface area contributed by atoms with E-state index in [0.29, 0.717) is 11.7 Å². The van der Waals surface area contributed by atoms with Crippen LogP contribution in [0.1, 0.15) is 20.3 Å². The number of aromatic nitrogens is 2. The minimum Gasteiger partial charge on any atom is -0.464 e. The summed E-state index contributed by atoms with van der Waals surface area (Å²) in [5, 5.41) is 3.30. The number of rotatable bonds is 9. The average Bonchev–Trinajstić information content (AvgIpc) is 3.35. The fourth-order valence-electron chi connectivity index (χ4n) is 2.72. The van der Waals surface area contributed by atoms with Crippen molar-refractivity contribution >= 4 is 5.95 Å². The van der Waals surface area contributed by atoms with Gasteiger partial charge in [0.25, 0.3) is 0 Å². The van der Waals surface area contributed by atoms with Crippen LogP contribution in [0.15, 0.2) is 51.8 Å². The van der Waals surface area contributed by atoms with Crippen LogP contribution in [0.3, 0.4) is 0 Å². The minimum atomic E-state index is 0.598. The van der Waals surface area contributed by atoms with E-state index in [9.17, 15) is 0 Å². The van der Waals surface area contributed by atoms with Gasteiger partial charge in [0.05, 0.1) is 18.1 Å². The van der Waals surface area contributed by atoms with Crippen LogP contribution < -0.4 is 5.32 Å². The summed E-state index contributed by atoms with van der Waals surface area (Å²) in [6.45, 7) is 8.41. The Balaban J connectivity index is 1.73. The highest BCUT2D eigenvalue weighted by Gasteiger charge is 2.15. The number of hydrogen-bond donors (Lipinski definition) is 1. The lowest BCUT2D eigenvalue weighted by molar-refractivity contribution is 0.303. The van der Waals surface area contributed by atoms with Crippen LogP contribution in [-0.2, 0) is 0 Å². The van der Waals surface area contributed by atoms with Gasteiger partial charge in [-0.05, 0) is 50.3 Å². The number of furan rings is 2. The molecule has 3 rings (SSSR count). The Labute approximate surface area is 147 Å². The zero-order chi connectivity index (χ0) is 17.5. The molecule has 0 atom stereocenters. The molecular weight excluding hydrogens is 316 g/mol. The molecular formula is C19H24N4O2. The molecule has 0 amide bonds. The van der Waals surface area contributed by atoms with Crippen LogP contribution in [0.5, 0.6) is 0 Å². The number of hydrogen-bond acceptors (Lipinski definition) is 6. The van der Waals surface area contributed by atoms with Gasteiger partial charge in [-0.1, -0.05) is 13.8 Å². The van der Waals surface area contributed by atoms with Crippen LogP contribution in [-0.4, -0.2) is 41.0 Å². The molecule has 0 spiro atoms. The van der Waals surface area contributed by atoms with Gasteiger partial charge >= 0.3 is 0 Å². The van der Waals surface area contributed by atoms with E-state index < -0.39 is 0 Å². The fourth-order valence-corrected chi connectivity index (χ4v) is 2.72. The molecule has 0 saturated heterocycles. The van der Waals surface area contributed by atoms with Crippen LogP contribution in [0.2, 0.25) is 0 Å². The summed E-state index contributed by atoms with van der Waals surface area (Å²) in [7, 11) is 0. The Kier molecular flexibility index (Phi) is 5.85. The first-order chi connectivity index (χ1) is 12.3. The summed E-state index contributed by atoms with van der Waals surface area (Å²) in [5.41, 5.74) is 1.54. The van der Waals surface area contributed by atoms with Crippen LogP contribution in [0.4, 0.5) is 5.95 Å². The monoisotopic (exact) mass is 340 g/mol. The Morgan fingerprint density at radius 2 is 1.76 bits per heavy atom. The molecule has 0 aliphatic carbocycles. The zero-order valence-corrected chi connectivity index (χ0v) is 14.7. The molecule has 1 N–H and O–H groups in total. The van der Waals surface area contributed by atoms with E-state index in [-0.39, 0.29) is 0 Å². The Morgan fingerprint density at radius 3 is 2.40 bits per heavy atom. The molecule has 132 valence electrons. The van der Waals surface area contributed by atoms with Gasteiger partial charge in [0.15, 0.2) is 5.76 Å². The average molecular weight is 340 g/mol. The molecule has 0 radical (unpaired) electrons. The summed E-state index contributed by atoms with van der Waals surface area (Å²) in [6.07, 6.45) is 6.10. The second-order valence-corrected chi connectivity index (χ2v) is 5.72. The molecule has 6 heteroatoms. The summed E-state index contributed by atoms with van der Waals surface area (Å²) < 4.78 is 11.0. The van der Waals surface area contributed by atoms with E-state index in [2.05, 4.69) is 34.0 Å². The maximum absolute atomic E-state index is 5.53. The highest BCUT2D eigenvalue weighted by Crippen LogP contribution is 2.31. The lowest BCUT2D eigenvalue weighted by atomic mass is 10.1. The standard InChI is InChI=1S/C19H24N4O2/c1-3-23(4-2)11-7-10-20-19-21-14-15(16-8-5-12-24-16)18(22-19)17-9-6-13-25-17/h5-6,8-9,12-14H,3-4,7,10-11H2,1-2H3,(H,20,21,22). The van der Waals surface area contributed by atoms with Gasteiger partial charge in [-0.25, -0.2) is 9.97 Å². The van der Waals surface area contributed by atoms with E-state index in [1.165, 1.54) is 0 Å². The van der Waals surface area contributed by atoms with Crippen molar-refractivity contribution in [2.45, 2.75) is 20.3 Å². The van der Waals surface area contributed by atoms with Gasteiger partial charge in [0.2, 0.25) is 5.95 Å². The van der Waals surface area contributed by atoms with Crippen molar-refractivity contribution in [3.05, 3.63) is 43.0 Å². The van der Waals surface area contributed by atoms with Crippen molar-refractivity contribution in [1.82, 2.24) is 14.9 Å². The number of nitrogens with one attached hydrogen (secondary N) is 1. The van der Waals surface area contributed by atoms with E-state index in [1.807, 2.05) is 24.3 Å². The Hall–Kier alpha value is -2.60. The van der Waals surface area contributed by atoms with Crippen molar-refractivity contribution in [3.8, 4) is 22.8 Å². The van der Waals surface area contributed by atoms with Gasteiger partial charge < -0.3 is 19.1 Å². The molecule has 3 heterocycles. The van der Waals surface area contributed by atoms with Gasteiger partial charge in [0, 0.05) is 12.7 Å². The molecule has 3 aromatic rings. The van der Waals surface area contributed by atoms with E-state index >= 15 is 0 Å². The van der Waals surface area contributed by atoms with Crippen molar-refractivity contribution < 1.29 is 8.83 Å². The smallest absolute Gasteiger partial charge is 0.223 e. The normalized spacial score (nSPS) is 11.2. The van der Waals surface area contributed by atoms with Gasteiger partial charge in [0.1, 0.15) is 11.5 Å². The molecule has 6 nitrogen and oxygen atoms in total. The number of nitrogens with zero attached hydrogens (tertiary/aromatic N) is 3. The second-order valence-electron chi connectivity index (χ2n) is 5.72. The van der Waals surface area contributed by atoms with Crippen LogP contribution >= 0.6 is 0 Å². The van der Waals surface area contributed by atoms with E-state index in [4.69, 9.17) is 8.83 Å². The highest BCUT2D eigenvalue weighted by atomic mass is 16.3. The summed E-state index contributed by atoms with van der Waals surface area (Å²) >= 11 is 0. The third-order valence-corrected chi connectivity index (χ3v) is 4.16. The maximum Gasteiger partial charge on any atom is 0.223 e. The molecule has 25 heavy (non-hydrogen) atoms. The van der Waals surface area contributed by atoms with Crippen molar-refractivity contribution in [1.29, 1.82) is 0 Å². The SMILES string of the molecule is CCN(CC)CCCNc1ncc(-c2ccco2)c(-c2ccco2)n1. The molecule has 0 saturated carbocycles. The molecule has 0 bridgehead atoms. The number of anilines is 1. The Morgan fingerprint density at radius 1 is 1.04 bits per heavy atom. The summed E-state index contributed by atoms with van der Waals surface area (Å²) in [5.74, 6) is 2.01. The van der Waals surface area contributed by atoms with Crippen LogP contribution in [0.25, 0.3) is 22.8 Å². The van der Waals surface area contributed by atoms with Crippen molar-refractivity contribution in [3.63, 3.8) is 0 Å². The van der Waals surface area contributed by atoms with Crippen LogP contribution in [0, 0.1) is 0 Å². The van der Waals surface area contributed by atoms with Gasteiger partial charge in [-0.2, -0.15) is 0 Å². The highest BCUT2D eigenvalue weighted by molar-refractivity contribution is 5.75. The van der Waals surface area contributed by atoms with E-state index in [1.54, 1.807) is 18.7 Å². The third-order valence-electron chi connectivity index (χ3n) is 4.16. The molecule has 3 aromatic heterocycles. The first kappa shape index (κ1) is 17.2. The molecule has 0 aliphatic heterocycles. The molecule has 0 unspecified atom stereocenters.